The molecule has 0 bridgehead atoms. The van der Waals surface area contributed by atoms with Crippen LogP contribution in [0.1, 0.15) is 56.6 Å². The number of hydrogen-bond acceptors (Lipinski definition) is 4. The van der Waals surface area contributed by atoms with E-state index >= 15 is 0 Å². The summed E-state index contributed by atoms with van der Waals surface area (Å²) in [6.45, 7) is 7.07. The minimum absolute atomic E-state index is 0.493. The second-order valence-electron chi connectivity index (χ2n) is 8.63. The van der Waals surface area contributed by atoms with Crippen molar-refractivity contribution in [3.8, 4) is 5.69 Å². The first kappa shape index (κ1) is 20.0. The van der Waals surface area contributed by atoms with Gasteiger partial charge < -0.3 is 9.64 Å². The molecule has 1 aliphatic carbocycles. The van der Waals surface area contributed by atoms with Crippen molar-refractivity contribution in [3.63, 3.8) is 0 Å². The van der Waals surface area contributed by atoms with E-state index in [9.17, 15) is 0 Å². The molecule has 3 heterocycles. The van der Waals surface area contributed by atoms with Crippen molar-refractivity contribution in [1.82, 2.24) is 24.5 Å². The monoisotopic (exact) mass is 427 g/mol. The third-order valence-corrected chi connectivity index (χ3v) is 6.69. The maximum Gasteiger partial charge on any atom is 0.103 e. The number of hydrogen-bond donors (Lipinski definition) is 0. The molecule has 2 fully saturated rings. The minimum Gasteiger partial charge on any atom is -0.380 e. The molecular formula is C23H30ClN5O. The summed E-state index contributed by atoms with van der Waals surface area (Å²) < 4.78 is 9.72. The van der Waals surface area contributed by atoms with Crippen molar-refractivity contribution >= 4 is 22.5 Å². The van der Waals surface area contributed by atoms with Crippen molar-refractivity contribution in [3.05, 3.63) is 41.3 Å². The van der Waals surface area contributed by atoms with Gasteiger partial charge in [0.1, 0.15) is 5.69 Å². The van der Waals surface area contributed by atoms with E-state index in [0.717, 1.165) is 73.7 Å². The van der Waals surface area contributed by atoms with Crippen LogP contribution in [0.4, 0.5) is 0 Å². The van der Waals surface area contributed by atoms with Gasteiger partial charge in [-0.15, -0.1) is 0 Å². The molecule has 5 rings (SSSR count). The molecule has 0 atom stereocenters. The second-order valence-corrected chi connectivity index (χ2v) is 9.03. The molecule has 2 aliphatic rings. The lowest BCUT2D eigenvalue weighted by molar-refractivity contribution is 0.0942. The summed E-state index contributed by atoms with van der Waals surface area (Å²) >= 11 is 6.71. The van der Waals surface area contributed by atoms with E-state index in [1.54, 1.807) is 0 Å². The molecule has 2 aromatic heterocycles. The fourth-order valence-electron chi connectivity index (χ4n) is 4.46. The Bertz CT molecular complexity index is 1000. The lowest BCUT2D eigenvalue weighted by atomic mass is 9.89. The Kier molecular flexibility index (Phi) is 5.81. The topological polar surface area (TPSA) is 48.1 Å². The molecule has 0 unspecified atom stereocenters. The predicted molar refractivity (Wildman–Crippen MR) is 120 cm³/mol. The largest absolute Gasteiger partial charge is 0.380 e. The first-order chi connectivity index (χ1) is 14.7. The van der Waals surface area contributed by atoms with E-state index in [0.29, 0.717) is 12.0 Å². The van der Waals surface area contributed by atoms with Crippen LogP contribution in [-0.2, 0) is 4.74 Å². The summed E-state index contributed by atoms with van der Waals surface area (Å²) in [4.78, 5) is 2.51. The third-order valence-electron chi connectivity index (χ3n) is 6.37. The number of aromatic nitrogens is 4. The van der Waals surface area contributed by atoms with Crippen LogP contribution in [0.2, 0.25) is 5.02 Å². The summed E-state index contributed by atoms with van der Waals surface area (Å²) in [5, 5.41) is 11.1. The zero-order chi connectivity index (χ0) is 20.5. The molecule has 3 aromatic rings. The molecule has 1 saturated heterocycles. The number of rotatable bonds is 8. The van der Waals surface area contributed by atoms with Gasteiger partial charge in [-0.1, -0.05) is 18.5 Å². The first-order valence-corrected chi connectivity index (χ1v) is 11.6. The molecule has 30 heavy (non-hydrogen) atoms. The van der Waals surface area contributed by atoms with Gasteiger partial charge in [0, 0.05) is 23.6 Å². The Morgan fingerprint density at radius 2 is 1.90 bits per heavy atom. The third kappa shape index (κ3) is 4.13. The van der Waals surface area contributed by atoms with Crippen LogP contribution in [0.25, 0.3) is 16.6 Å². The summed E-state index contributed by atoms with van der Waals surface area (Å²) in [7, 11) is 0. The van der Waals surface area contributed by atoms with Crippen molar-refractivity contribution in [2.75, 3.05) is 32.8 Å². The fraction of sp³-hybridized carbons (Fsp3) is 0.565. The van der Waals surface area contributed by atoms with Gasteiger partial charge in [-0.05, 0) is 68.8 Å². The van der Waals surface area contributed by atoms with E-state index in [4.69, 9.17) is 16.3 Å². The highest BCUT2D eigenvalue weighted by Gasteiger charge is 2.26. The molecule has 0 spiro atoms. The maximum atomic E-state index is 6.71. The standard InChI is InChI=1S/C23H30ClN5O/c1-2-10-30-11-9-27-7-5-17(6-8-27)21-13-23-18(12-22(21)24)14-26-29(23)20-15-25-28(16-20)19-3-4-19/h12-17,19H,2-11H2,1H3. The van der Waals surface area contributed by atoms with Crippen LogP contribution in [0, 0.1) is 0 Å². The van der Waals surface area contributed by atoms with Crippen molar-refractivity contribution in [2.24, 2.45) is 0 Å². The second kappa shape index (κ2) is 8.69. The van der Waals surface area contributed by atoms with E-state index < -0.39 is 0 Å². The van der Waals surface area contributed by atoms with Gasteiger partial charge in [-0.2, -0.15) is 10.2 Å². The molecule has 0 amide bonds. The molecule has 0 N–H and O–H groups in total. The number of ether oxygens (including phenoxy) is 1. The lowest BCUT2D eigenvalue weighted by Crippen LogP contribution is -2.35. The molecule has 160 valence electrons. The summed E-state index contributed by atoms with van der Waals surface area (Å²) in [5.74, 6) is 0.493. The average molecular weight is 428 g/mol. The summed E-state index contributed by atoms with van der Waals surface area (Å²) in [5.41, 5.74) is 3.38. The van der Waals surface area contributed by atoms with Gasteiger partial charge in [-0.3, -0.25) is 4.68 Å². The van der Waals surface area contributed by atoms with Crippen LogP contribution in [0.15, 0.2) is 30.7 Å². The zero-order valence-corrected chi connectivity index (χ0v) is 18.4. The highest BCUT2D eigenvalue weighted by Crippen LogP contribution is 2.37. The zero-order valence-electron chi connectivity index (χ0n) is 17.6. The number of benzene rings is 1. The van der Waals surface area contributed by atoms with Gasteiger partial charge in [0.05, 0.1) is 36.8 Å². The van der Waals surface area contributed by atoms with E-state index in [1.165, 1.54) is 18.4 Å². The van der Waals surface area contributed by atoms with Crippen molar-refractivity contribution in [1.29, 1.82) is 0 Å². The van der Waals surface area contributed by atoms with Crippen LogP contribution in [-0.4, -0.2) is 57.3 Å². The molecular weight excluding hydrogens is 398 g/mol. The van der Waals surface area contributed by atoms with Gasteiger partial charge in [0.15, 0.2) is 0 Å². The van der Waals surface area contributed by atoms with E-state index in [1.807, 2.05) is 17.1 Å². The number of nitrogens with zero attached hydrogens (tertiary/aromatic N) is 5. The van der Waals surface area contributed by atoms with E-state index in [2.05, 4.69) is 45.0 Å². The Morgan fingerprint density at radius 3 is 2.67 bits per heavy atom. The van der Waals surface area contributed by atoms with Crippen molar-refractivity contribution in [2.45, 2.75) is 51.0 Å². The Balaban J connectivity index is 1.32. The van der Waals surface area contributed by atoms with Gasteiger partial charge in [0.25, 0.3) is 0 Å². The molecule has 1 aliphatic heterocycles. The summed E-state index contributed by atoms with van der Waals surface area (Å²) in [6, 6.07) is 4.90. The highest BCUT2D eigenvalue weighted by atomic mass is 35.5. The number of likely N-dealkylation sites (tertiary alicyclic amines) is 1. The van der Waals surface area contributed by atoms with Crippen LogP contribution in [0.5, 0.6) is 0 Å². The van der Waals surface area contributed by atoms with Gasteiger partial charge in [0.2, 0.25) is 0 Å². The van der Waals surface area contributed by atoms with Crippen LogP contribution in [0.3, 0.4) is 0 Å². The smallest absolute Gasteiger partial charge is 0.103 e. The van der Waals surface area contributed by atoms with Gasteiger partial charge in [-0.25, -0.2) is 4.68 Å². The normalized spacial score (nSPS) is 18.5. The molecule has 1 saturated carbocycles. The lowest BCUT2D eigenvalue weighted by Gasteiger charge is -2.32. The molecule has 1 aromatic carbocycles. The van der Waals surface area contributed by atoms with Crippen LogP contribution < -0.4 is 0 Å². The first-order valence-electron chi connectivity index (χ1n) is 11.2. The van der Waals surface area contributed by atoms with Crippen LogP contribution >= 0.6 is 11.6 Å². The molecule has 0 radical (unpaired) electrons. The Morgan fingerprint density at radius 1 is 1.07 bits per heavy atom. The number of fused-ring (bicyclic) bond motifs is 1. The van der Waals surface area contributed by atoms with Crippen molar-refractivity contribution < 1.29 is 4.74 Å². The number of piperidine rings is 1. The average Bonchev–Trinajstić information content (AvgIpc) is 3.36. The number of halogens is 1. The Hall–Kier alpha value is -1.89. The SMILES string of the molecule is CCCOCCN1CCC(c2cc3c(cnn3-c3cnn(C4CC4)c3)cc2Cl)CC1. The quantitative estimate of drug-likeness (QED) is 0.484. The van der Waals surface area contributed by atoms with E-state index in [-0.39, 0.29) is 0 Å². The highest BCUT2D eigenvalue weighted by molar-refractivity contribution is 6.32. The molecule has 6 nitrogen and oxygen atoms in total. The minimum atomic E-state index is 0.493. The fourth-order valence-corrected chi connectivity index (χ4v) is 4.79. The predicted octanol–water partition coefficient (Wildman–Crippen LogP) is 4.82. The Labute approximate surface area is 182 Å². The molecule has 7 heteroatoms. The maximum absolute atomic E-state index is 6.71. The van der Waals surface area contributed by atoms with Gasteiger partial charge >= 0.3 is 0 Å². The summed E-state index contributed by atoms with van der Waals surface area (Å²) in [6.07, 6.45) is 11.7.